The van der Waals surface area contributed by atoms with Gasteiger partial charge in [-0.25, -0.2) is 4.79 Å². The molecule has 1 aliphatic rings. The van der Waals surface area contributed by atoms with Crippen molar-refractivity contribution in [3.05, 3.63) is 28.2 Å². The Morgan fingerprint density at radius 3 is 2.89 bits per heavy atom. The summed E-state index contributed by atoms with van der Waals surface area (Å²) in [5.41, 5.74) is 1.20. The van der Waals surface area contributed by atoms with Crippen LogP contribution in [0.4, 0.5) is 5.69 Å². The molecule has 0 radical (unpaired) electrons. The van der Waals surface area contributed by atoms with Crippen molar-refractivity contribution in [2.75, 3.05) is 11.6 Å². The van der Waals surface area contributed by atoms with Crippen molar-refractivity contribution in [2.24, 2.45) is 0 Å². The summed E-state index contributed by atoms with van der Waals surface area (Å²) in [6.07, 6.45) is 7.00. The SMILES string of the molecule is CSC1CCCC(Nc2cc(Br)cc(C(=O)O)c2)C1. The highest BCUT2D eigenvalue weighted by Gasteiger charge is 2.21. The van der Waals surface area contributed by atoms with Crippen LogP contribution >= 0.6 is 27.7 Å². The minimum Gasteiger partial charge on any atom is -0.478 e. The second-order valence-corrected chi connectivity index (χ2v) is 6.95. The third-order valence-corrected chi connectivity index (χ3v) is 5.03. The lowest BCUT2D eigenvalue weighted by Gasteiger charge is -2.29. The highest BCUT2D eigenvalue weighted by molar-refractivity contribution is 9.10. The van der Waals surface area contributed by atoms with Crippen molar-refractivity contribution in [1.82, 2.24) is 0 Å². The molecule has 0 aliphatic heterocycles. The number of benzene rings is 1. The van der Waals surface area contributed by atoms with E-state index in [0.717, 1.165) is 28.3 Å². The fourth-order valence-corrected chi connectivity index (χ4v) is 3.84. The van der Waals surface area contributed by atoms with Gasteiger partial charge in [-0.1, -0.05) is 22.4 Å². The van der Waals surface area contributed by atoms with Gasteiger partial charge in [0.1, 0.15) is 0 Å². The van der Waals surface area contributed by atoms with Gasteiger partial charge >= 0.3 is 5.97 Å². The second kappa shape index (κ2) is 6.66. The van der Waals surface area contributed by atoms with E-state index in [1.807, 2.05) is 17.8 Å². The molecule has 2 N–H and O–H groups in total. The lowest BCUT2D eigenvalue weighted by atomic mass is 9.94. The maximum atomic E-state index is 11.0. The third-order valence-electron chi connectivity index (χ3n) is 3.47. The molecule has 1 saturated carbocycles. The van der Waals surface area contributed by atoms with Crippen molar-refractivity contribution in [1.29, 1.82) is 0 Å². The zero-order valence-corrected chi connectivity index (χ0v) is 13.3. The molecular formula is C14H18BrNO2S. The number of carbonyl (C=O) groups is 1. The van der Waals surface area contributed by atoms with E-state index in [1.165, 1.54) is 12.8 Å². The van der Waals surface area contributed by atoms with E-state index in [1.54, 1.807) is 12.1 Å². The summed E-state index contributed by atoms with van der Waals surface area (Å²) in [5.74, 6) is -0.894. The summed E-state index contributed by atoms with van der Waals surface area (Å²) in [7, 11) is 0. The number of rotatable bonds is 4. The predicted molar refractivity (Wildman–Crippen MR) is 84.3 cm³/mol. The van der Waals surface area contributed by atoms with Crippen molar-refractivity contribution >= 4 is 39.3 Å². The number of hydrogen-bond acceptors (Lipinski definition) is 3. The highest BCUT2D eigenvalue weighted by Crippen LogP contribution is 2.29. The van der Waals surface area contributed by atoms with Crippen LogP contribution in [0.25, 0.3) is 0 Å². The Hall–Kier alpha value is -0.680. The van der Waals surface area contributed by atoms with Gasteiger partial charge in [0.25, 0.3) is 0 Å². The zero-order chi connectivity index (χ0) is 13.8. The summed E-state index contributed by atoms with van der Waals surface area (Å²) in [6.45, 7) is 0. The van der Waals surface area contributed by atoms with Crippen LogP contribution in [-0.2, 0) is 0 Å². The van der Waals surface area contributed by atoms with Crippen LogP contribution in [0.1, 0.15) is 36.0 Å². The maximum Gasteiger partial charge on any atom is 0.335 e. The number of thioether (sulfide) groups is 1. The molecule has 2 rings (SSSR count). The fourth-order valence-electron chi connectivity index (χ4n) is 2.52. The summed E-state index contributed by atoms with van der Waals surface area (Å²) < 4.78 is 0.798. The molecule has 0 spiro atoms. The molecule has 19 heavy (non-hydrogen) atoms. The first kappa shape index (κ1) is 14.7. The van der Waals surface area contributed by atoms with Crippen LogP contribution in [-0.4, -0.2) is 28.6 Å². The van der Waals surface area contributed by atoms with Gasteiger partial charge in [0.05, 0.1) is 5.56 Å². The molecule has 0 saturated heterocycles. The van der Waals surface area contributed by atoms with Crippen LogP contribution in [0.3, 0.4) is 0 Å². The Kier molecular flexibility index (Phi) is 5.16. The van der Waals surface area contributed by atoms with Crippen LogP contribution in [0.5, 0.6) is 0 Å². The molecule has 104 valence electrons. The molecule has 1 fully saturated rings. The summed E-state index contributed by atoms with van der Waals surface area (Å²) in [4.78, 5) is 11.0. The first-order valence-corrected chi connectivity index (χ1v) is 8.50. The number of hydrogen-bond donors (Lipinski definition) is 2. The van der Waals surface area contributed by atoms with Gasteiger partial charge in [-0.3, -0.25) is 0 Å². The number of aromatic carboxylic acids is 1. The van der Waals surface area contributed by atoms with Gasteiger partial charge in [-0.2, -0.15) is 11.8 Å². The van der Waals surface area contributed by atoms with E-state index < -0.39 is 5.97 Å². The Labute approximate surface area is 126 Å². The van der Waals surface area contributed by atoms with Gasteiger partial charge in [-0.05, 0) is 43.7 Å². The maximum absolute atomic E-state index is 11.0. The molecule has 1 aromatic carbocycles. The largest absolute Gasteiger partial charge is 0.478 e. The number of halogens is 1. The lowest BCUT2D eigenvalue weighted by Crippen LogP contribution is -2.28. The van der Waals surface area contributed by atoms with E-state index in [9.17, 15) is 4.79 Å². The van der Waals surface area contributed by atoms with Crippen molar-refractivity contribution in [3.8, 4) is 0 Å². The molecule has 0 bridgehead atoms. The molecule has 5 heteroatoms. The Morgan fingerprint density at radius 2 is 2.21 bits per heavy atom. The van der Waals surface area contributed by atoms with Crippen LogP contribution < -0.4 is 5.32 Å². The number of anilines is 1. The third kappa shape index (κ3) is 4.14. The van der Waals surface area contributed by atoms with E-state index in [2.05, 4.69) is 27.5 Å². The van der Waals surface area contributed by atoms with Crippen LogP contribution in [0, 0.1) is 0 Å². The minimum absolute atomic E-state index is 0.314. The zero-order valence-electron chi connectivity index (χ0n) is 10.9. The first-order chi connectivity index (χ1) is 9.08. The Morgan fingerprint density at radius 1 is 1.42 bits per heavy atom. The normalized spacial score (nSPS) is 23.1. The monoisotopic (exact) mass is 343 g/mol. The standard InChI is InChI=1S/C14H18BrNO2S/c1-19-13-4-2-3-11(8-13)16-12-6-9(14(17)18)5-10(15)7-12/h5-7,11,13,16H,2-4,8H2,1H3,(H,17,18). The molecule has 0 heterocycles. The molecule has 0 amide bonds. The van der Waals surface area contributed by atoms with Gasteiger partial charge in [0.2, 0.25) is 0 Å². The van der Waals surface area contributed by atoms with E-state index >= 15 is 0 Å². The van der Waals surface area contributed by atoms with E-state index in [4.69, 9.17) is 5.11 Å². The quantitative estimate of drug-likeness (QED) is 0.858. The van der Waals surface area contributed by atoms with Gasteiger partial charge in [0, 0.05) is 21.5 Å². The van der Waals surface area contributed by atoms with Crippen LogP contribution in [0.2, 0.25) is 0 Å². The second-order valence-electron chi connectivity index (χ2n) is 4.90. The summed E-state index contributed by atoms with van der Waals surface area (Å²) >= 11 is 5.29. The molecule has 1 aliphatic carbocycles. The predicted octanol–water partition coefficient (Wildman–Crippen LogP) is 4.23. The summed E-state index contributed by atoms with van der Waals surface area (Å²) in [6, 6.07) is 5.71. The van der Waals surface area contributed by atoms with E-state index in [-0.39, 0.29) is 0 Å². The van der Waals surface area contributed by atoms with E-state index in [0.29, 0.717) is 11.6 Å². The number of carboxylic acid groups (broad SMARTS) is 1. The average Bonchev–Trinajstić information content (AvgIpc) is 2.38. The van der Waals surface area contributed by atoms with Crippen LogP contribution in [0.15, 0.2) is 22.7 Å². The fraction of sp³-hybridized carbons (Fsp3) is 0.500. The molecule has 2 unspecified atom stereocenters. The van der Waals surface area contributed by atoms with Crippen molar-refractivity contribution < 1.29 is 9.90 Å². The molecule has 2 atom stereocenters. The Balaban J connectivity index is 2.08. The number of nitrogens with one attached hydrogen (secondary N) is 1. The average molecular weight is 344 g/mol. The molecule has 3 nitrogen and oxygen atoms in total. The highest BCUT2D eigenvalue weighted by atomic mass is 79.9. The van der Waals surface area contributed by atoms with Crippen molar-refractivity contribution in [2.45, 2.75) is 37.0 Å². The molecular weight excluding hydrogens is 326 g/mol. The smallest absolute Gasteiger partial charge is 0.335 e. The number of carboxylic acids is 1. The minimum atomic E-state index is -0.894. The Bertz CT molecular complexity index is 467. The first-order valence-electron chi connectivity index (χ1n) is 6.41. The molecule has 0 aromatic heterocycles. The van der Waals surface area contributed by atoms with Crippen molar-refractivity contribution in [3.63, 3.8) is 0 Å². The lowest BCUT2D eigenvalue weighted by molar-refractivity contribution is 0.0697. The summed E-state index contributed by atoms with van der Waals surface area (Å²) in [5, 5.41) is 13.3. The van der Waals surface area contributed by atoms with Gasteiger partial charge in [-0.15, -0.1) is 0 Å². The van der Waals surface area contributed by atoms with Gasteiger partial charge in [0.15, 0.2) is 0 Å². The topological polar surface area (TPSA) is 49.3 Å². The van der Waals surface area contributed by atoms with Gasteiger partial charge < -0.3 is 10.4 Å². The molecule has 1 aromatic rings.